The molecule has 1 aliphatic heterocycles. The van der Waals surface area contributed by atoms with E-state index in [0.717, 1.165) is 141 Å². The highest BCUT2D eigenvalue weighted by atomic mass is 16.6. The SMILES string of the molecule is CCCCCCCCC(=O)OCC(COC(=O)CCCCCCCC)CC(=O)OC[C@H]1C[C@H](OC(=O)CC(COC(=O)CCCCCCCC)COC(=O)CCCCCCCC)CN1C(=O)OCCC(CC)CC. The highest BCUT2D eigenvalue weighted by molar-refractivity contribution is 5.73. The highest BCUT2D eigenvalue weighted by Gasteiger charge is 2.39. The maximum absolute atomic E-state index is 13.6. The molecule has 1 heterocycles. The summed E-state index contributed by atoms with van der Waals surface area (Å²) in [5.41, 5.74) is 0. The van der Waals surface area contributed by atoms with Crippen LogP contribution in [0.15, 0.2) is 0 Å². The third-order valence-corrected chi connectivity index (χ3v) is 14.0. The summed E-state index contributed by atoms with van der Waals surface area (Å²) in [4.78, 5) is 93.1. The van der Waals surface area contributed by atoms with Gasteiger partial charge in [0, 0.05) is 43.9 Å². The third-order valence-electron chi connectivity index (χ3n) is 14.0. The van der Waals surface area contributed by atoms with Crippen LogP contribution >= 0.6 is 0 Å². The molecule has 0 spiro atoms. The zero-order valence-corrected chi connectivity index (χ0v) is 47.5. The van der Waals surface area contributed by atoms with E-state index in [1.807, 2.05) is 0 Å². The van der Waals surface area contributed by atoms with Crippen LogP contribution in [0, 0.1) is 17.8 Å². The van der Waals surface area contributed by atoms with Gasteiger partial charge in [0.25, 0.3) is 0 Å². The van der Waals surface area contributed by atoms with E-state index < -0.39 is 42.0 Å². The molecular formula is C59H105NO14. The minimum atomic E-state index is -0.770. The average molecular weight is 1050 g/mol. The predicted octanol–water partition coefficient (Wildman–Crippen LogP) is 13.7. The maximum atomic E-state index is 13.6. The van der Waals surface area contributed by atoms with Crippen molar-refractivity contribution in [3.8, 4) is 0 Å². The number of ether oxygens (including phenoxy) is 7. The van der Waals surface area contributed by atoms with Crippen LogP contribution in [-0.4, -0.2) is 105 Å². The molecule has 1 aliphatic rings. The van der Waals surface area contributed by atoms with Crippen LogP contribution in [0.2, 0.25) is 0 Å². The molecule has 0 N–H and O–H groups in total. The number of unbranched alkanes of at least 4 members (excludes halogenated alkanes) is 20. The lowest BCUT2D eigenvalue weighted by Gasteiger charge is -2.24. The Morgan fingerprint density at radius 1 is 0.405 bits per heavy atom. The second-order valence-electron chi connectivity index (χ2n) is 20.9. The van der Waals surface area contributed by atoms with Crippen molar-refractivity contribution in [1.82, 2.24) is 4.90 Å². The second kappa shape index (κ2) is 46.4. The molecule has 0 bridgehead atoms. The van der Waals surface area contributed by atoms with Gasteiger partial charge in [-0.1, -0.05) is 183 Å². The first-order valence-corrected chi connectivity index (χ1v) is 29.8. The molecule has 2 atom stereocenters. The van der Waals surface area contributed by atoms with Crippen molar-refractivity contribution in [3.05, 3.63) is 0 Å². The van der Waals surface area contributed by atoms with Gasteiger partial charge in [0.2, 0.25) is 0 Å². The van der Waals surface area contributed by atoms with Gasteiger partial charge in [0.1, 0.15) is 12.7 Å². The van der Waals surface area contributed by atoms with E-state index >= 15 is 0 Å². The van der Waals surface area contributed by atoms with Crippen LogP contribution < -0.4 is 0 Å². The zero-order valence-electron chi connectivity index (χ0n) is 47.5. The van der Waals surface area contributed by atoms with E-state index in [-0.39, 0.29) is 115 Å². The van der Waals surface area contributed by atoms with Crippen LogP contribution in [0.5, 0.6) is 0 Å². The highest BCUT2D eigenvalue weighted by Crippen LogP contribution is 2.25. The molecule has 15 heteroatoms. The molecule has 1 saturated heterocycles. The molecule has 0 aromatic heterocycles. The fourth-order valence-electron chi connectivity index (χ4n) is 9.05. The van der Waals surface area contributed by atoms with Crippen LogP contribution in [0.3, 0.4) is 0 Å². The number of likely N-dealkylation sites (tertiary alicyclic amines) is 1. The molecule has 430 valence electrons. The molecule has 74 heavy (non-hydrogen) atoms. The Kier molecular flexibility index (Phi) is 42.7. The largest absolute Gasteiger partial charge is 0.465 e. The first-order valence-electron chi connectivity index (χ1n) is 29.8. The Morgan fingerprint density at radius 2 is 0.757 bits per heavy atom. The van der Waals surface area contributed by atoms with E-state index in [9.17, 15) is 33.6 Å². The standard InChI is InChI=1S/C59H105NO14/c1-7-13-17-21-25-29-33-53(61)69-43-49(44-70-54(62)34-30-26-22-18-14-8-2)39-57(65)73-47-51-41-52(42-60(51)59(67)68-38-37-48(11-5)12-6)74-58(66)40-50(45-71-55(63)35-31-27-23-19-15-9-3)46-72-56(64)36-32-28-24-20-16-10-4/h48-52H,7-47H2,1-6H3/t51-,52+/m1/s1. The summed E-state index contributed by atoms with van der Waals surface area (Å²) in [7, 11) is 0. The van der Waals surface area contributed by atoms with Crippen molar-refractivity contribution in [2.45, 2.75) is 272 Å². The number of carbonyl (C=O) groups excluding carboxylic acids is 7. The number of esters is 6. The number of amides is 1. The molecule has 0 aliphatic carbocycles. The number of nitrogens with zero attached hydrogens (tertiary/aromatic N) is 1. The van der Waals surface area contributed by atoms with Crippen molar-refractivity contribution < 1.29 is 66.7 Å². The molecular weight excluding hydrogens is 947 g/mol. The Morgan fingerprint density at radius 3 is 1.12 bits per heavy atom. The fraction of sp³-hybridized carbons (Fsp3) is 0.881. The van der Waals surface area contributed by atoms with Crippen molar-refractivity contribution in [2.24, 2.45) is 17.8 Å². The van der Waals surface area contributed by atoms with Crippen molar-refractivity contribution in [3.63, 3.8) is 0 Å². The lowest BCUT2D eigenvalue weighted by Crippen LogP contribution is -2.40. The maximum Gasteiger partial charge on any atom is 0.410 e. The van der Waals surface area contributed by atoms with E-state index in [2.05, 4.69) is 41.5 Å². The van der Waals surface area contributed by atoms with Gasteiger partial charge in [-0.2, -0.15) is 0 Å². The number of hydrogen-bond acceptors (Lipinski definition) is 14. The molecule has 0 radical (unpaired) electrons. The summed E-state index contributed by atoms with van der Waals surface area (Å²) in [6.45, 7) is 12.3. The topological polar surface area (TPSA) is 187 Å². The van der Waals surface area contributed by atoms with Gasteiger partial charge >= 0.3 is 41.9 Å². The smallest absolute Gasteiger partial charge is 0.410 e. The molecule has 1 fully saturated rings. The van der Waals surface area contributed by atoms with Gasteiger partial charge in [0.05, 0.1) is 58.5 Å². The Labute approximate surface area is 448 Å². The van der Waals surface area contributed by atoms with Gasteiger partial charge in [0.15, 0.2) is 0 Å². The summed E-state index contributed by atoms with van der Waals surface area (Å²) in [5, 5.41) is 0. The monoisotopic (exact) mass is 1050 g/mol. The Balaban J connectivity index is 3.07. The van der Waals surface area contributed by atoms with E-state index in [4.69, 9.17) is 33.2 Å². The van der Waals surface area contributed by atoms with Crippen LogP contribution in [0.4, 0.5) is 4.79 Å². The second-order valence-corrected chi connectivity index (χ2v) is 20.9. The minimum absolute atomic E-state index is 0.00530. The van der Waals surface area contributed by atoms with Crippen molar-refractivity contribution in [2.75, 3.05) is 46.2 Å². The van der Waals surface area contributed by atoms with Crippen molar-refractivity contribution in [1.29, 1.82) is 0 Å². The van der Waals surface area contributed by atoms with Crippen molar-refractivity contribution >= 4 is 41.9 Å². The molecule has 0 aromatic carbocycles. The van der Waals surface area contributed by atoms with E-state index in [0.29, 0.717) is 38.0 Å². The molecule has 0 unspecified atom stereocenters. The fourth-order valence-corrected chi connectivity index (χ4v) is 9.05. The van der Waals surface area contributed by atoms with Gasteiger partial charge < -0.3 is 33.2 Å². The minimum Gasteiger partial charge on any atom is -0.465 e. The first kappa shape index (κ1) is 68.1. The quantitative estimate of drug-likeness (QED) is 0.0318. The molecule has 1 rings (SSSR count). The molecule has 1 amide bonds. The third kappa shape index (κ3) is 36.9. The van der Waals surface area contributed by atoms with E-state index in [1.54, 1.807) is 0 Å². The van der Waals surface area contributed by atoms with Gasteiger partial charge in [-0.15, -0.1) is 0 Å². The summed E-state index contributed by atoms with van der Waals surface area (Å²) in [6.07, 6.45) is 26.5. The summed E-state index contributed by atoms with van der Waals surface area (Å²) in [5.74, 6) is -3.63. The number of hydrogen-bond donors (Lipinski definition) is 0. The zero-order chi connectivity index (χ0) is 54.4. The average Bonchev–Trinajstić information content (AvgIpc) is 3.80. The summed E-state index contributed by atoms with van der Waals surface area (Å²) >= 11 is 0. The van der Waals surface area contributed by atoms with Gasteiger partial charge in [-0.3, -0.25) is 33.7 Å². The molecule has 0 saturated carbocycles. The number of carbonyl (C=O) groups is 7. The normalized spacial score (nSPS) is 14.4. The van der Waals surface area contributed by atoms with Gasteiger partial charge in [-0.05, 0) is 38.0 Å². The van der Waals surface area contributed by atoms with Crippen LogP contribution in [0.1, 0.15) is 260 Å². The van der Waals surface area contributed by atoms with Crippen LogP contribution in [-0.2, 0) is 61.9 Å². The lowest BCUT2D eigenvalue weighted by molar-refractivity contribution is -0.157. The lowest BCUT2D eigenvalue weighted by atomic mass is 10.0. The number of rotatable bonds is 48. The van der Waals surface area contributed by atoms with E-state index in [1.165, 1.54) is 4.90 Å². The Bertz CT molecular complexity index is 1420. The predicted molar refractivity (Wildman–Crippen MR) is 288 cm³/mol. The van der Waals surface area contributed by atoms with Gasteiger partial charge in [-0.25, -0.2) is 4.79 Å². The first-order chi connectivity index (χ1) is 35.9. The summed E-state index contributed by atoms with van der Waals surface area (Å²) < 4.78 is 39.8. The molecule has 0 aromatic rings. The Hall–Kier alpha value is -3.91. The molecule has 15 nitrogen and oxygen atoms in total. The van der Waals surface area contributed by atoms with Crippen LogP contribution in [0.25, 0.3) is 0 Å². The summed E-state index contributed by atoms with van der Waals surface area (Å²) in [6, 6.07) is -0.692.